The monoisotopic (exact) mass is 187 g/mol. The van der Waals surface area contributed by atoms with Gasteiger partial charge in [0.15, 0.2) is 0 Å². The van der Waals surface area contributed by atoms with Crippen molar-refractivity contribution in [3.63, 3.8) is 0 Å². The Bertz CT molecular complexity index is 155. The standard InChI is InChI=1S/C9H17NOS/c1-7(2)9(10-3)8-6-12-5-4-11-8/h8-10H,1,4-6H2,2-3H3. The molecule has 0 aromatic carbocycles. The van der Waals surface area contributed by atoms with Crippen LogP contribution in [0.5, 0.6) is 0 Å². The molecule has 0 spiro atoms. The van der Waals surface area contributed by atoms with E-state index in [-0.39, 0.29) is 0 Å². The van der Waals surface area contributed by atoms with E-state index < -0.39 is 0 Å². The van der Waals surface area contributed by atoms with E-state index in [4.69, 9.17) is 4.74 Å². The molecular formula is C9H17NOS. The van der Waals surface area contributed by atoms with E-state index in [9.17, 15) is 0 Å². The zero-order valence-electron chi connectivity index (χ0n) is 7.80. The normalized spacial score (nSPS) is 26.7. The van der Waals surface area contributed by atoms with Crippen LogP contribution in [0.25, 0.3) is 0 Å². The van der Waals surface area contributed by atoms with Gasteiger partial charge in [0.2, 0.25) is 0 Å². The number of likely N-dealkylation sites (N-methyl/N-ethyl adjacent to an activating group) is 1. The van der Waals surface area contributed by atoms with Crippen molar-refractivity contribution in [3.8, 4) is 0 Å². The van der Waals surface area contributed by atoms with E-state index >= 15 is 0 Å². The second-order valence-electron chi connectivity index (χ2n) is 3.10. The molecule has 2 atom stereocenters. The van der Waals surface area contributed by atoms with Crippen LogP contribution in [-0.4, -0.2) is 37.3 Å². The molecule has 12 heavy (non-hydrogen) atoms. The lowest BCUT2D eigenvalue weighted by Crippen LogP contribution is -2.43. The maximum absolute atomic E-state index is 5.65. The number of nitrogens with one attached hydrogen (secondary N) is 1. The average molecular weight is 187 g/mol. The fraction of sp³-hybridized carbons (Fsp3) is 0.778. The van der Waals surface area contributed by atoms with Gasteiger partial charge in [0.05, 0.1) is 18.8 Å². The summed E-state index contributed by atoms with van der Waals surface area (Å²) in [6, 6.07) is 0.317. The molecule has 2 unspecified atom stereocenters. The van der Waals surface area contributed by atoms with E-state index in [1.807, 2.05) is 25.7 Å². The highest BCUT2D eigenvalue weighted by Gasteiger charge is 2.23. The fourth-order valence-electron chi connectivity index (χ4n) is 1.45. The molecule has 3 heteroatoms. The van der Waals surface area contributed by atoms with E-state index in [2.05, 4.69) is 11.9 Å². The van der Waals surface area contributed by atoms with E-state index in [1.54, 1.807) is 0 Å². The first-order valence-corrected chi connectivity index (χ1v) is 5.43. The number of hydrogen-bond donors (Lipinski definition) is 1. The lowest BCUT2D eigenvalue weighted by molar-refractivity contribution is 0.0580. The van der Waals surface area contributed by atoms with E-state index in [0.29, 0.717) is 12.1 Å². The minimum absolute atomic E-state index is 0.311. The highest BCUT2D eigenvalue weighted by molar-refractivity contribution is 7.99. The molecule has 1 aliphatic heterocycles. The van der Waals surface area contributed by atoms with Gasteiger partial charge in [-0.25, -0.2) is 0 Å². The van der Waals surface area contributed by atoms with Crippen molar-refractivity contribution in [3.05, 3.63) is 12.2 Å². The second kappa shape index (κ2) is 4.90. The summed E-state index contributed by atoms with van der Waals surface area (Å²) >= 11 is 1.96. The van der Waals surface area contributed by atoms with Crippen LogP contribution in [-0.2, 0) is 4.74 Å². The molecule has 1 heterocycles. The van der Waals surface area contributed by atoms with Crippen molar-refractivity contribution in [2.24, 2.45) is 0 Å². The first-order valence-electron chi connectivity index (χ1n) is 4.27. The van der Waals surface area contributed by atoms with Gasteiger partial charge >= 0.3 is 0 Å². The molecule has 0 saturated carbocycles. The molecule has 1 fully saturated rings. The second-order valence-corrected chi connectivity index (χ2v) is 4.25. The van der Waals surface area contributed by atoms with Gasteiger partial charge in [0.1, 0.15) is 0 Å². The van der Waals surface area contributed by atoms with E-state index in [0.717, 1.165) is 23.7 Å². The van der Waals surface area contributed by atoms with Gasteiger partial charge in [0, 0.05) is 11.5 Å². The molecule has 1 N–H and O–H groups in total. The maximum atomic E-state index is 5.65. The number of hydrogen-bond acceptors (Lipinski definition) is 3. The van der Waals surface area contributed by atoms with Crippen LogP contribution in [0.4, 0.5) is 0 Å². The topological polar surface area (TPSA) is 21.3 Å². The quantitative estimate of drug-likeness (QED) is 0.673. The lowest BCUT2D eigenvalue weighted by Gasteiger charge is -2.30. The Balaban J connectivity index is 2.46. The molecule has 0 aromatic heterocycles. The third-order valence-corrected chi connectivity index (χ3v) is 3.07. The van der Waals surface area contributed by atoms with E-state index in [1.165, 1.54) is 0 Å². The largest absolute Gasteiger partial charge is 0.375 e. The molecule has 2 nitrogen and oxygen atoms in total. The highest BCUT2D eigenvalue weighted by Crippen LogP contribution is 2.18. The summed E-state index contributed by atoms with van der Waals surface area (Å²) in [5.74, 6) is 2.21. The summed E-state index contributed by atoms with van der Waals surface area (Å²) in [6.45, 7) is 6.87. The molecule has 0 amide bonds. The fourth-order valence-corrected chi connectivity index (χ4v) is 2.35. The molecular weight excluding hydrogens is 170 g/mol. The molecule has 0 aliphatic carbocycles. The predicted octanol–water partition coefficient (Wildman–Crippen LogP) is 1.28. The SMILES string of the molecule is C=C(C)C(NC)C1CSCCO1. The Morgan fingerprint density at radius 1 is 1.75 bits per heavy atom. The molecule has 1 saturated heterocycles. The zero-order valence-corrected chi connectivity index (χ0v) is 8.62. The van der Waals surface area contributed by atoms with Gasteiger partial charge in [-0.2, -0.15) is 11.8 Å². The number of rotatable bonds is 3. The lowest BCUT2D eigenvalue weighted by atomic mass is 10.1. The third-order valence-electron chi connectivity index (χ3n) is 2.06. The summed E-state index contributed by atoms with van der Waals surface area (Å²) in [4.78, 5) is 0. The van der Waals surface area contributed by atoms with Crippen LogP contribution in [0.2, 0.25) is 0 Å². The van der Waals surface area contributed by atoms with Gasteiger partial charge in [-0.1, -0.05) is 12.2 Å². The number of thioether (sulfide) groups is 1. The Morgan fingerprint density at radius 2 is 2.50 bits per heavy atom. The minimum Gasteiger partial charge on any atom is -0.375 e. The van der Waals surface area contributed by atoms with Gasteiger partial charge < -0.3 is 10.1 Å². The summed E-state index contributed by atoms with van der Waals surface area (Å²) in [6.07, 6.45) is 0.311. The van der Waals surface area contributed by atoms with Gasteiger partial charge in [0.25, 0.3) is 0 Å². The van der Waals surface area contributed by atoms with Gasteiger partial charge in [-0.15, -0.1) is 0 Å². The Labute approximate surface area is 78.7 Å². The smallest absolute Gasteiger partial charge is 0.0856 e. The minimum atomic E-state index is 0.311. The Kier molecular flexibility index (Phi) is 4.12. The molecule has 1 aliphatic rings. The predicted molar refractivity (Wildman–Crippen MR) is 54.7 cm³/mol. The Hall–Kier alpha value is 0.01000. The van der Waals surface area contributed by atoms with Crippen LogP contribution in [0.15, 0.2) is 12.2 Å². The third kappa shape index (κ3) is 2.51. The first kappa shape index (κ1) is 10.1. The van der Waals surface area contributed by atoms with Crippen molar-refractivity contribution in [1.82, 2.24) is 5.32 Å². The summed E-state index contributed by atoms with van der Waals surface area (Å²) < 4.78 is 5.65. The van der Waals surface area contributed by atoms with Crippen LogP contribution >= 0.6 is 11.8 Å². The van der Waals surface area contributed by atoms with Crippen molar-refractivity contribution >= 4 is 11.8 Å². The first-order chi connectivity index (χ1) is 5.75. The molecule has 0 radical (unpaired) electrons. The van der Waals surface area contributed by atoms with Crippen LogP contribution < -0.4 is 5.32 Å². The molecule has 0 bridgehead atoms. The van der Waals surface area contributed by atoms with Crippen LogP contribution in [0.1, 0.15) is 6.92 Å². The molecule has 0 aromatic rings. The highest BCUT2D eigenvalue weighted by atomic mass is 32.2. The van der Waals surface area contributed by atoms with Gasteiger partial charge in [-0.3, -0.25) is 0 Å². The van der Waals surface area contributed by atoms with Crippen LogP contribution in [0, 0.1) is 0 Å². The summed E-state index contributed by atoms with van der Waals surface area (Å²) in [7, 11) is 1.96. The van der Waals surface area contributed by atoms with Crippen molar-refractivity contribution in [2.75, 3.05) is 25.2 Å². The number of ether oxygens (including phenoxy) is 1. The van der Waals surface area contributed by atoms with Crippen molar-refractivity contribution in [1.29, 1.82) is 0 Å². The maximum Gasteiger partial charge on any atom is 0.0856 e. The average Bonchev–Trinajstić information content (AvgIpc) is 2.07. The molecule has 70 valence electrons. The van der Waals surface area contributed by atoms with Crippen LogP contribution in [0.3, 0.4) is 0 Å². The van der Waals surface area contributed by atoms with Crippen molar-refractivity contribution < 1.29 is 4.74 Å². The van der Waals surface area contributed by atoms with Crippen molar-refractivity contribution in [2.45, 2.75) is 19.1 Å². The molecule has 1 rings (SSSR count). The zero-order chi connectivity index (χ0) is 8.97. The summed E-state index contributed by atoms with van der Waals surface area (Å²) in [5.41, 5.74) is 1.16. The Morgan fingerprint density at radius 3 is 2.92 bits per heavy atom. The van der Waals surface area contributed by atoms with Gasteiger partial charge in [-0.05, 0) is 14.0 Å². The summed E-state index contributed by atoms with van der Waals surface area (Å²) in [5, 5.41) is 3.23.